The normalized spacial score (nSPS) is 11.7. The Bertz CT molecular complexity index is 809. The van der Waals surface area contributed by atoms with Gasteiger partial charge in [0.15, 0.2) is 5.82 Å². The fourth-order valence-corrected chi connectivity index (χ4v) is 4.63. The monoisotopic (exact) mass is 516 g/mol. The number of rotatable bonds is 22. The summed E-state index contributed by atoms with van der Waals surface area (Å²) >= 11 is 0. The van der Waals surface area contributed by atoms with Crippen LogP contribution in [0, 0.1) is 0 Å². The minimum atomic E-state index is -3.14. The molecule has 0 aliphatic carbocycles. The lowest BCUT2D eigenvalue weighted by Crippen LogP contribution is -2.24. The third kappa shape index (κ3) is 14.5. The maximum absolute atomic E-state index is 14.2. The van der Waals surface area contributed by atoms with E-state index in [1.165, 1.54) is 77.0 Å². The first kappa shape index (κ1) is 31.2. The van der Waals surface area contributed by atoms with Gasteiger partial charge in [-0.25, -0.2) is 9.97 Å². The largest absolute Gasteiger partial charge is 0.433 e. The van der Waals surface area contributed by atoms with Gasteiger partial charge < -0.3 is 4.74 Å². The average Bonchev–Trinajstić information content (AvgIpc) is 2.90. The van der Waals surface area contributed by atoms with Crippen molar-refractivity contribution in [2.24, 2.45) is 0 Å². The number of halogens is 2. The van der Waals surface area contributed by atoms with Crippen molar-refractivity contribution in [3.63, 3.8) is 0 Å². The Hall–Kier alpha value is -2.04. The van der Waals surface area contributed by atoms with Crippen molar-refractivity contribution in [1.82, 2.24) is 9.97 Å². The van der Waals surface area contributed by atoms with Crippen LogP contribution in [-0.4, -0.2) is 16.1 Å². The minimum Gasteiger partial charge on any atom is -0.433 e. The van der Waals surface area contributed by atoms with Crippen LogP contribution < -0.4 is 4.74 Å². The number of hydrogen-bond acceptors (Lipinski definition) is 3. The fraction of sp³-hybridized carbons (Fsp3) is 0.688. The summed E-state index contributed by atoms with van der Waals surface area (Å²) in [6.45, 7) is 4.45. The standard InChI is InChI=1S/C32H50F2N2O/c1-3-5-7-9-11-13-14-16-18-20-28-26-35-31(36-27-28)29-21-23-30(24-22-29)37-32(33,34)25-19-17-15-12-10-8-6-4-2/h21-24,26-27H,3-20,25H2,1-2H3. The van der Waals surface area contributed by atoms with Gasteiger partial charge in [-0.2, -0.15) is 8.78 Å². The molecule has 37 heavy (non-hydrogen) atoms. The Morgan fingerprint density at radius 2 is 1.08 bits per heavy atom. The van der Waals surface area contributed by atoms with Gasteiger partial charge in [-0.05, 0) is 49.1 Å². The Balaban J connectivity index is 1.65. The van der Waals surface area contributed by atoms with Crippen LogP contribution in [0.15, 0.2) is 36.7 Å². The van der Waals surface area contributed by atoms with E-state index in [1.807, 2.05) is 12.4 Å². The lowest BCUT2D eigenvalue weighted by atomic mass is 10.1. The van der Waals surface area contributed by atoms with E-state index in [9.17, 15) is 8.78 Å². The second kappa shape index (κ2) is 19.1. The molecule has 0 unspecified atom stereocenters. The molecular weight excluding hydrogens is 466 g/mol. The van der Waals surface area contributed by atoms with Crippen LogP contribution in [-0.2, 0) is 6.42 Å². The van der Waals surface area contributed by atoms with Gasteiger partial charge in [0.2, 0.25) is 0 Å². The first-order valence-corrected chi connectivity index (χ1v) is 15.0. The number of benzene rings is 1. The molecule has 3 nitrogen and oxygen atoms in total. The number of ether oxygens (including phenoxy) is 1. The molecule has 0 atom stereocenters. The van der Waals surface area contributed by atoms with Gasteiger partial charge in [-0.3, -0.25) is 0 Å². The predicted molar refractivity (Wildman–Crippen MR) is 151 cm³/mol. The summed E-state index contributed by atoms with van der Waals surface area (Å²) < 4.78 is 33.5. The van der Waals surface area contributed by atoms with E-state index in [4.69, 9.17) is 4.74 Å². The van der Waals surface area contributed by atoms with Crippen LogP contribution in [0.2, 0.25) is 0 Å². The van der Waals surface area contributed by atoms with Gasteiger partial charge in [-0.1, -0.05) is 110 Å². The Morgan fingerprint density at radius 1 is 0.622 bits per heavy atom. The zero-order chi connectivity index (χ0) is 26.6. The molecule has 0 fully saturated rings. The molecule has 0 amide bonds. The van der Waals surface area contributed by atoms with E-state index in [2.05, 4.69) is 23.8 Å². The zero-order valence-electron chi connectivity index (χ0n) is 23.5. The van der Waals surface area contributed by atoms with Crippen LogP contribution in [0.1, 0.15) is 135 Å². The number of alkyl halides is 2. The second-order valence-corrected chi connectivity index (χ2v) is 10.5. The van der Waals surface area contributed by atoms with Crippen molar-refractivity contribution in [3.05, 3.63) is 42.2 Å². The van der Waals surface area contributed by atoms with Gasteiger partial charge >= 0.3 is 6.11 Å². The van der Waals surface area contributed by atoms with Crippen molar-refractivity contribution >= 4 is 0 Å². The molecule has 0 N–H and O–H groups in total. The molecule has 1 heterocycles. The van der Waals surface area contributed by atoms with Crippen molar-refractivity contribution in [3.8, 4) is 17.1 Å². The Labute approximate surface area is 224 Å². The van der Waals surface area contributed by atoms with Crippen LogP contribution in [0.4, 0.5) is 8.78 Å². The summed E-state index contributed by atoms with van der Waals surface area (Å²) in [7, 11) is 0. The number of unbranched alkanes of at least 4 members (excludes halogenated alkanes) is 15. The number of aromatic nitrogens is 2. The average molecular weight is 517 g/mol. The van der Waals surface area contributed by atoms with Gasteiger partial charge in [-0.15, -0.1) is 0 Å². The van der Waals surface area contributed by atoms with Crippen molar-refractivity contribution in [2.45, 2.75) is 142 Å². The summed E-state index contributed by atoms with van der Waals surface area (Å²) in [6, 6.07) is 6.65. The molecule has 0 radical (unpaired) electrons. The third-order valence-electron chi connectivity index (χ3n) is 6.98. The highest BCUT2D eigenvalue weighted by molar-refractivity contribution is 5.55. The molecule has 0 bridgehead atoms. The minimum absolute atomic E-state index is 0.176. The molecule has 5 heteroatoms. The second-order valence-electron chi connectivity index (χ2n) is 10.5. The summed E-state index contributed by atoms with van der Waals surface area (Å²) in [5.74, 6) is 0.781. The summed E-state index contributed by atoms with van der Waals surface area (Å²) in [5.41, 5.74) is 1.95. The van der Waals surface area contributed by atoms with E-state index in [0.29, 0.717) is 12.2 Å². The lowest BCUT2D eigenvalue weighted by Gasteiger charge is -2.18. The van der Waals surface area contributed by atoms with Crippen LogP contribution in [0.5, 0.6) is 5.75 Å². The number of hydrogen-bond donors (Lipinski definition) is 0. The third-order valence-corrected chi connectivity index (χ3v) is 6.98. The van der Waals surface area contributed by atoms with Crippen LogP contribution in [0.3, 0.4) is 0 Å². The van der Waals surface area contributed by atoms with E-state index >= 15 is 0 Å². The highest BCUT2D eigenvalue weighted by atomic mass is 19.3. The summed E-state index contributed by atoms with van der Waals surface area (Å²) in [4.78, 5) is 8.98. The molecule has 1 aromatic heterocycles. The SMILES string of the molecule is CCCCCCCCCCCc1cnc(-c2ccc(OC(F)(F)CCCCCCCCCC)cc2)nc1. The Morgan fingerprint density at radius 3 is 1.59 bits per heavy atom. The van der Waals surface area contributed by atoms with Gasteiger partial charge in [0.25, 0.3) is 0 Å². The molecule has 1 aromatic carbocycles. The summed E-state index contributed by atoms with van der Waals surface area (Å²) in [6.07, 6.45) is 21.6. The summed E-state index contributed by atoms with van der Waals surface area (Å²) in [5, 5.41) is 0. The maximum Gasteiger partial charge on any atom is 0.397 e. The molecule has 2 aromatic rings. The molecule has 0 saturated carbocycles. The predicted octanol–water partition coefficient (Wildman–Crippen LogP) is 10.7. The zero-order valence-corrected chi connectivity index (χ0v) is 23.5. The van der Waals surface area contributed by atoms with Crippen molar-refractivity contribution in [1.29, 1.82) is 0 Å². The number of aryl methyl sites for hydroxylation is 1. The van der Waals surface area contributed by atoms with Gasteiger partial charge in [0.1, 0.15) is 5.75 Å². The Kier molecular flexibility index (Phi) is 16.1. The topological polar surface area (TPSA) is 35.0 Å². The van der Waals surface area contributed by atoms with Gasteiger partial charge in [0.05, 0.1) is 6.42 Å². The first-order valence-electron chi connectivity index (χ1n) is 15.0. The molecule has 0 saturated heterocycles. The van der Waals surface area contributed by atoms with E-state index in [0.717, 1.165) is 43.2 Å². The van der Waals surface area contributed by atoms with E-state index in [1.54, 1.807) is 24.3 Å². The first-order chi connectivity index (χ1) is 18.0. The van der Waals surface area contributed by atoms with Gasteiger partial charge in [0, 0.05) is 18.0 Å². The molecule has 0 aliphatic heterocycles. The molecular formula is C32H50F2N2O. The van der Waals surface area contributed by atoms with Crippen molar-refractivity contribution in [2.75, 3.05) is 0 Å². The maximum atomic E-state index is 14.2. The molecule has 0 aliphatic rings. The van der Waals surface area contributed by atoms with Crippen LogP contribution in [0.25, 0.3) is 11.4 Å². The fourth-order valence-electron chi connectivity index (χ4n) is 4.63. The molecule has 2 rings (SSSR count). The van der Waals surface area contributed by atoms with E-state index < -0.39 is 6.11 Å². The molecule has 0 spiro atoms. The smallest absolute Gasteiger partial charge is 0.397 e. The lowest BCUT2D eigenvalue weighted by molar-refractivity contribution is -0.181. The van der Waals surface area contributed by atoms with Crippen LogP contribution >= 0.6 is 0 Å². The van der Waals surface area contributed by atoms with Crippen molar-refractivity contribution < 1.29 is 13.5 Å². The highest BCUT2D eigenvalue weighted by Crippen LogP contribution is 2.28. The van der Waals surface area contributed by atoms with E-state index in [-0.39, 0.29) is 12.2 Å². The quantitative estimate of drug-likeness (QED) is 0.146. The molecule has 208 valence electrons. The highest BCUT2D eigenvalue weighted by Gasteiger charge is 2.30. The number of nitrogens with zero attached hydrogens (tertiary/aromatic N) is 2.